The van der Waals surface area contributed by atoms with Gasteiger partial charge in [0.15, 0.2) is 11.5 Å². The molecule has 2 unspecified atom stereocenters. The van der Waals surface area contributed by atoms with E-state index in [2.05, 4.69) is 4.99 Å². The molecule has 2 atom stereocenters. The highest BCUT2D eigenvalue weighted by Gasteiger charge is 2.45. The Hall–Kier alpha value is -1.80. The van der Waals surface area contributed by atoms with E-state index in [0.29, 0.717) is 18.8 Å². The number of amidine groups is 1. The van der Waals surface area contributed by atoms with E-state index in [1.54, 1.807) is 0 Å². The van der Waals surface area contributed by atoms with Gasteiger partial charge in [-0.1, -0.05) is 0 Å². The van der Waals surface area contributed by atoms with Crippen LogP contribution in [-0.4, -0.2) is 39.5 Å². The predicted octanol–water partition coefficient (Wildman–Crippen LogP) is -0.389. The van der Waals surface area contributed by atoms with Crippen molar-refractivity contribution in [3.05, 3.63) is 11.5 Å². The van der Waals surface area contributed by atoms with E-state index >= 15 is 0 Å². The molecule has 2 rings (SSSR count). The number of nitrogens with two attached hydrogens (primary N) is 1. The maximum atomic E-state index is 10.8. The minimum Gasteiger partial charge on any atom is -0.505 e. The molecule has 0 aromatic rings. The maximum Gasteiger partial charge on any atom is 0.358 e. The number of carboxylic acids is 1. The Labute approximate surface area is 109 Å². The lowest BCUT2D eigenvalue weighted by Gasteiger charge is -2.24. The molecule has 0 bridgehead atoms. The zero-order chi connectivity index (χ0) is 14.0. The molecule has 0 saturated carbocycles. The molecule has 8 heteroatoms. The number of aliphatic imine (C=N–C) groups is 1. The molecule has 0 amide bonds. The molecule has 8 nitrogen and oxygen atoms in total. The first-order valence-corrected chi connectivity index (χ1v) is 6.04. The lowest BCUT2D eigenvalue weighted by molar-refractivity contribution is -0.212. The van der Waals surface area contributed by atoms with Crippen LogP contribution < -0.4 is 11.2 Å². The number of aliphatic hydroxyl groups excluding tert-OH is 1. The first kappa shape index (κ1) is 13.6. The van der Waals surface area contributed by atoms with Crippen LogP contribution in [0.25, 0.3) is 0 Å². The molecule has 0 aromatic heterocycles. The van der Waals surface area contributed by atoms with Crippen LogP contribution in [-0.2, 0) is 9.63 Å². The van der Waals surface area contributed by atoms with Gasteiger partial charge >= 0.3 is 5.97 Å². The van der Waals surface area contributed by atoms with Gasteiger partial charge < -0.3 is 21.1 Å². The third kappa shape index (κ3) is 2.79. The number of carbonyl (C=O) groups is 1. The van der Waals surface area contributed by atoms with Crippen molar-refractivity contribution in [1.82, 2.24) is 5.48 Å². The van der Waals surface area contributed by atoms with Crippen LogP contribution in [0, 0.1) is 5.92 Å². The van der Waals surface area contributed by atoms with Gasteiger partial charge in [0.1, 0.15) is 0 Å². The van der Waals surface area contributed by atoms with Crippen LogP contribution in [0.4, 0.5) is 0 Å². The van der Waals surface area contributed by atoms with Gasteiger partial charge in [-0.3, -0.25) is 10.5 Å². The normalized spacial score (nSPS) is 31.6. The van der Waals surface area contributed by atoms with Gasteiger partial charge in [-0.2, -0.15) is 0 Å². The number of nitrogens with one attached hydrogen (secondary N) is 1. The Morgan fingerprint density at radius 2 is 2.37 bits per heavy atom. The van der Waals surface area contributed by atoms with E-state index < -0.39 is 23.2 Å². The lowest BCUT2D eigenvalue weighted by atomic mass is 9.93. The molecular formula is C11H17N3O5. The highest BCUT2D eigenvalue weighted by molar-refractivity contribution is 5.86. The number of aliphatic hydroxyl groups is 2. The summed E-state index contributed by atoms with van der Waals surface area (Å²) in [5.74, 6) is -3.58. The number of rotatable bonds is 3. The maximum absolute atomic E-state index is 10.8. The van der Waals surface area contributed by atoms with Crippen LogP contribution in [0.15, 0.2) is 16.4 Å². The first-order chi connectivity index (χ1) is 8.92. The summed E-state index contributed by atoms with van der Waals surface area (Å²) in [5.41, 5.74) is 7.12. The molecule has 0 spiro atoms. The van der Waals surface area contributed by atoms with Crippen LogP contribution in [0.1, 0.15) is 25.7 Å². The molecular weight excluding hydrogens is 254 g/mol. The van der Waals surface area contributed by atoms with Crippen LogP contribution >= 0.6 is 0 Å². The van der Waals surface area contributed by atoms with Crippen LogP contribution in [0.2, 0.25) is 0 Å². The van der Waals surface area contributed by atoms with E-state index in [1.807, 2.05) is 5.48 Å². The zero-order valence-corrected chi connectivity index (χ0v) is 10.3. The molecule has 106 valence electrons. The summed E-state index contributed by atoms with van der Waals surface area (Å²) in [4.78, 5) is 19.7. The molecule has 0 radical (unpaired) electrons. The second-order valence-electron chi connectivity index (χ2n) is 4.81. The fraction of sp³-hybridized carbons (Fsp3) is 0.636. The summed E-state index contributed by atoms with van der Waals surface area (Å²) in [6.07, 6.45) is 2.36. The first-order valence-electron chi connectivity index (χ1n) is 6.04. The van der Waals surface area contributed by atoms with Gasteiger partial charge in [0.05, 0.1) is 5.84 Å². The standard InChI is InChI=1S/C11H17N3O5/c12-7-3-1-2-6(5-13-7)4-11(18)9(15)8(10(16)17)14-19-11/h6,14-15,18H,1-5H2,(H2,12,13)(H,16,17). The second-order valence-corrected chi connectivity index (χ2v) is 4.81. The zero-order valence-electron chi connectivity index (χ0n) is 10.3. The van der Waals surface area contributed by atoms with Gasteiger partial charge in [0.25, 0.3) is 5.79 Å². The van der Waals surface area contributed by atoms with Gasteiger partial charge in [-0.25, -0.2) is 9.63 Å². The summed E-state index contributed by atoms with van der Waals surface area (Å²) >= 11 is 0. The summed E-state index contributed by atoms with van der Waals surface area (Å²) in [6, 6.07) is 0. The number of carboxylic acid groups (broad SMARTS) is 1. The van der Waals surface area contributed by atoms with Crippen molar-refractivity contribution < 1.29 is 25.0 Å². The smallest absolute Gasteiger partial charge is 0.358 e. The molecule has 19 heavy (non-hydrogen) atoms. The Bertz CT molecular complexity index is 448. The molecule has 0 aromatic carbocycles. The van der Waals surface area contributed by atoms with Gasteiger partial charge in [-0.05, 0) is 18.8 Å². The average Bonchev–Trinajstić information content (AvgIpc) is 2.50. The molecule has 6 N–H and O–H groups in total. The summed E-state index contributed by atoms with van der Waals surface area (Å²) in [5, 5.41) is 28.7. The van der Waals surface area contributed by atoms with E-state index in [9.17, 15) is 15.0 Å². The number of aliphatic carboxylic acids is 1. The third-order valence-electron chi connectivity index (χ3n) is 3.31. The van der Waals surface area contributed by atoms with Crippen molar-refractivity contribution in [2.45, 2.75) is 31.5 Å². The monoisotopic (exact) mass is 271 g/mol. The van der Waals surface area contributed by atoms with E-state index in [4.69, 9.17) is 15.7 Å². The highest BCUT2D eigenvalue weighted by Crippen LogP contribution is 2.33. The van der Waals surface area contributed by atoms with Gasteiger partial charge in [-0.15, -0.1) is 0 Å². The molecule has 0 fully saturated rings. The van der Waals surface area contributed by atoms with Crippen LogP contribution in [0.5, 0.6) is 0 Å². The van der Waals surface area contributed by atoms with Crippen LogP contribution in [0.3, 0.4) is 0 Å². The predicted molar refractivity (Wildman–Crippen MR) is 64.9 cm³/mol. The second kappa shape index (κ2) is 5.06. The largest absolute Gasteiger partial charge is 0.505 e. The fourth-order valence-corrected chi connectivity index (χ4v) is 2.26. The van der Waals surface area contributed by atoms with E-state index in [-0.39, 0.29) is 12.3 Å². The Kier molecular flexibility index (Phi) is 3.63. The topological polar surface area (TPSA) is 137 Å². The summed E-state index contributed by atoms with van der Waals surface area (Å²) in [7, 11) is 0. The number of hydrogen-bond donors (Lipinski definition) is 5. The quantitative estimate of drug-likeness (QED) is 0.471. The number of nitrogens with zero attached hydrogens (tertiary/aromatic N) is 1. The Balaban J connectivity index is 2.08. The van der Waals surface area contributed by atoms with Gasteiger partial charge in [0.2, 0.25) is 0 Å². The summed E-state index contributed by atoms with van der Waals surface area (Å²) < 4.78 is 0. The van der Waals surface area contributed by atoms with Crippen molar-refractivity contribution in [2.75, 3.05) is 6.54 Å². The molecule has 2 aliphatic heterocycles. The molecule has 2 aliphatic rings. The molecule has 0 aliphatic carbocycles. The van der Waals surface area contributed by atoms with Crippen molar-refractivity contribution in [1.29, 1.82) is 0 Å². The minimum absolute atomic E-state index is 0.0388. The molecule has 2 heterocycles. The lowest BCUT2D eigenvalue weighted by Crippen LogP contribution is -2.36. The van der Waals surface area contributed by atoms with Crippen molar-refractivity contribution in [3.63, 3.8) is 0 Å². The number of hydrogen-bond acceptors (Lipinski definition) is 7. The average molecular weight is 271 g/mol. The van der Waals surface area contributed by atoms with Gasteiger partial charge in [0, 0.05) is 19.4 Å². The van der Waals surface area contributed by atoms with Crippen molar-refractivity contribution in [2.24, 2.45) is 16.6 Å². The Morgan fingerprint density at radius 1 is 1.63 bits per heavy atom. The SMILES string of the molecule is NC1=NCC(CC2(O)ONC(C(=O)O)=C2O)CCC1. The third-order valence-corrected chi connectivity index (χ3v) is 3.31. The highest BCUT2D eigenvalue weighted by atomic mass is 16.8. The fourth-order valence-electron chi connectivity index (χ4n) is 2.26. The number of hydroxylamine groups is 1. The van der Waals surface area contributed by atoms with E-state index in [1.165, 1.54) is 0 Å². The van der Waals surface area contributed by atoms with E-state index in [0.717, 1.165) is 12.8 Å². The van der Waals surface area contributed by atoms with Crippen molar-refractivity contribution >= 4 is 11.8 Å². The minimum atomic E-state index is -2.02. The summed E-state index contributed by atoms with van der Waals surface area (Å²) in [6.45, 7) is 0.424. The van der Waals surface area contributed by atoms with Crippen molar-refractivity contribution in [3.8, 4) is 0 Å². The Morgan fingerprint density at radius 3 is 3.00 bits per heavy atom. The molecule has 0 saturated heterocycles.